The van der Waals surface area contributed by atoms with Crippen LogP contribution in [-0.2, 0) is 21.5 Å². The van der Waals surface area contributed by atoms with Gasteiger partial charge in [-0.3, -0.25) is 19.8 Å². The first-order valence-corrected chi connectivity index (χ1v) is 10.6. The third-order valence-corrected chi connectivity index (χ3v) is 6.80. The zero-order valence-corrected chi connectivity index (χ0v) is 17.5. The molecule has 2 amide bonds. The lowest BCUT2D eigenvalue weighted by Gasteiger charge is -2.45. The Morgan fingerprint density at radius 3 is 2.42 bits per heavy atom. The van der Waals surface area contributed by atoms with Crippen LogP contribution in [0.3, 0.4) is 0 Å². The number of carbonyl (C=O) groups is 2. The molecule has 31 heavy (non-hydrogen) atoms. The van der Waals surface area contributed by atoms with Crippen LogP contribution in [0.2, 0.25) is 5.02 Å². The lowest BCUT2D eigenvalue weighted by molar-refractivity contribution is -0.140. The summed E-state index contributed by atoms with van der Waals surface area (Å²) in [6.07, 6.45) is 1.48. The van der Waals surface area contributed by atoms with Crippen molar-refractivity contribution in [3.63, 3.8) is 0 Å². The van der Waals surface area contributed by atoms with Crippen LogP contribution in [0, 0.1) is 23.4 Å². The van der Waals surface area contributed by atoms with Gasteiger partial charge in [-0.25, -0.2) is 13.2 Å². The Morgan fingerprint density at radius 2 is 1.77 bits per heavy atom. The first-order chi connectivity index (χ1) is 14.8. The number of nitrogens with zero attached hydrogens (tertiary/aromatic N) is 1. The topological polar surface area (TPSA) is 49.4 Å². The van der Waals surface area contributed by atoms with E-state index in [2.05, 4.69) is 10.2 Å². The molecule has 0 saturated carbocycles. The van der Waals surface area contributed by atoms with Gasteiger partial charge < -0.3 is 0 Å². The van der Waals surface area contributed by atoms with Gasteiger partial charge in [0.2, 0.25) is 11.8 Å². The SMILES string of the molecule is O=C1CCC(c2ccc(F)cc2F)(C2CCN(Cc3ccc(Cl)c(F)c3)CC2)C(=O)N1. The van der Waals surface area contributed by atoms with E-state index in [4.69, 9.17) is 11.6 Å². The highest BCUT2D eigenvalue weighted by molar-refractivity contribution is 6.30. The fourth-order valence-corrected chi connectivity index (χ4v) is 5.04. The van der Waals surface area contributed by atoms with E-state index in [0.29, 0.717) is 32.5 Å². The first-order valence-electron chi connectivity index (χ1n) is 10.3. The molecule has 0 aliphatic carbocycles. The van der Waals surface area contributed by atoms with Crippen molar-refractivity contribution < 1.29 is 22.8 Å². The van der Waals surface area contributed by atoms with Gasteiger partial charge in [-0.05, 0) is 62.0 Å². The van der Waals surface area contributed by atoms with Crippen molar-refractivity contribution in [2.45, 2.75) is 37.6 Å². The maximum Gasteiger partial charge on any atom is 0.237 e. The van der Waals surface area contributed by atoms with E-state index in [9.17, 15) is 22.8 Å². The number of nitrogens with one attached hydrogen (secondary N) is 1. The van der Waals surface area contributed by atoms with Crippen LogP contribution < -0.4 is 5.32 Å². The van der Waals surface area contributed by atoms with Crippen molar-refractivity contribution in [2.24, 2.45) is 5.92 Å². The molecule has 1 atom stereocenters. The Bertz CT molecular complexity index is 1020. The number of likely N-dealkylation sites (tertiary alicyclic amines) is 1. The maximum absolute atomic E-state index is 14.8. The van der Waals surface area contributed by atoms with Gasteiger partial charge in [-0.2, -0.15) is 0 Å². The van der Waals surface area contributed by atoms with Crippen molar-refractivity contribution >= 4 is 23.4 Å². The van der Waals surface area contributed by atoms with Crippen LogP contribution >= 0.6 is 11.6 Å². The van der Waals surface area contributed by atoms with Crippen LogP contribution in [0.15, 0.2) is 36.4 Å². The minimum atomic E-state index is -1.22. The summed E-state index contributed by atoms with van der Waals surface area (Å²) < 4.78 is 42.0. The average Bonchev–Trinajstić information content (AvgIpc) is 2.72. The average molecular weight is 451 g/mol. The van der Waals surface area contributed by atoms with Gasteiger partial charge >= 0.3 is 0 Å². The molecule has 4 nitrogen and oxygen atoms in total. The van der Waals surface area contributed by atoms with Crippen molar-refractivity contribution in [3.05, 3.63) is 70.0 Å². The van der Waals surface area contributed by atoms with Crippen molar-refractivity contribution in [2.75, 3.05) is 13.1 Å². The molecule has 1 N–H and O–H groups in total. The van der Waals surface area contributed by atoms with Gasteiger partial charge in [-0.1, -0.05) is 23.7 Å². The highest BCUT2D eigenvalue weighted by Crippen LogP contribution is 2.45. The third-order valence-electron chi connectivity index (χ3n) is 6.49. The van der Waals surface area contributed by atoms with E-state index < -0.39 is 28.8 Å². The van der Waals surface area contributed by atoms with E-state index in [1.54, 1.807) is 6.07 Å². The normalized spacial score (nSPS) is 23.1. The number of piperidine rings is 2. The minimum Gasteiger partial charge on any atom is -0.299 e. The van der Waals surface area contributed by atoms with Crippen molar-refractivity contribution in [1.82, 2.24) is 10.2 Å². The molecular weight excluding hydrogens is 429 g/mol. The lowest BCUT2D eigenvalue weighted by Crippen LogP contribution is -2.57. The molecule has 4 rings (SSSR count). The second kappa shape index (κ2) is 8.63. The van der Waals surface area contributed by atoms with E-state index in [1.165, 1.54) is 18.2 Å². The molecule has 2 saturated heterocycles. The van der Waals surface area contributed by atoms with Crippen molar-refractivity contribution in [1.29, 1.82) is 0 Å². The summed E-state index contributed by atoms with van der Waals surface area (Å²) in [7, 11) is 0. The van der Waals surface area contributed by atoms with Gasteiger partial charge in [0.15, 0.2) is 0 Å². The number of amides is 2. The van der Waals surface area contributed by atoms with Crippen LogP contribution in [0.4, 0.5) is 13.2 Å². The quantitative estimate of drug-likeness (QED) is 0.705. The molecule has 0 spiro atoms. The number of halogens is 4. The molecule has 1 unspecified atom stereocenters. The van der Waals surface area contributed by atoms with E-state index in [0.717, 1.165) is 17.7 Å². The number of hydrogen-bond acceptors (Lipinski definition) is 3. The second-order valence-electron chi connectivity index (χ2n) is 8.27. The first kappa shape index (κ1) is 21.8. The van der Waals surface area contributed by atoms with Crippen molar-refractivity contribution in [3.8, 4) is 0 Å². The Balaban J connectivity index is 1.56. The van der Waals surface area contributed by atoms with Crippen LogP contribution in [0.25, 0.3) is 0 Å². The number of rotatable bonds is 4. The summed E-state index contributed by atoms with van der Waals surface area (Å²) in [5.41, 5.74) is -0.290. The van der Waals surface area contributed by atoms with E-state index in [1.807, 2.05) is 0 Å². The fraction of sp³-hybridized carbons (Fsp3) is 0.391. The largest absolute Gasteiger partial charge is 0.299 e. The van der Waals surface area contributed by atoms with Crippen LogP contribution in [0.1, 0.15) is 36.8 Å². The molecule has 8 heteroatoms. The third kappa shape index (κ3) is 4.21. The highest BCUT2D eigenvalue weighted by atomic mass is 35.5. The summed E-state index contributed by atoms with van der Waals surface area (Å²) in [4.78, 5) is 27.0. The van der Waals surface area contributed by atoms with Gasteiger partial charge in [0.25, 0.3) is 0 Å². The number of hydrogen-bond donors (Lipinski definition) is 1. The standard InChI is InChI=1S/C23H22ClF3N2O2/c24-18-4-1-14(11-20(18)27)13-29-9-6-15(7-10-29)23(8-5-21(30)28-22(23)31)17-3-2-16(25)12-19(17)26/h1-4,11-12,15H,5-10,13H2,(H,28,30,31). The fourth-order valence-electron chi connectivity index (χ4n) is 4.92. The van der Waals surface area contributed by atoms with Crippen LogP contribution in [-0.4, -0.2) is 29.8 Å². The molecule has 2 aromatic rings. The summed E-state index contributed by atoms with van der Waals surface area (Å²) in [5, 5.41) is 2.44. The number of carbonyl (C=O) groups excluding carboxylic acids is 2. The lowest BCUT2D eigenvalue weighted by atomic mass is 9.62. The van der Waals surface area contributed by atoms with Gasteiger partial charge in [0.1, 0.15) is 17.5 Å². The highest BCUT2D eigenvalue weighted by Gasteiger charge is 2.51. The predicted molar refractivity (Wildman–Crippen MR) is 110 cm³/mol. The summed E-state index contributed by atoms with van der Waals surface area (Å²) in [5.74, 6) is -3.07. The predicted octanol–water partition coefficient (Wildman–Crippen LogP) is 4.34. The van der Waals surface area contributed by atoms with E-state index in [-0.39, 0.29) is 35.3 Å². The molecule has 2 heterocycles. The molecule has 0 bridgehead atoms. The molecule has 0 radical (unpaired) electrons. The smallest absolute Gasteiger partial charge is 0.237 e. The van der Waals surface area contributed by atoms with Gasteiger partial charge in [0.05, 0.1) is 10.4 Å². The summed E-state index contributed by atoms with van der Waals surface area (Å²) in [6.45, 7) is 1.78. The Labute approximate surface area is 183 Å². The molecule has 2 aliphatic heterocycles. The summed E-state index contributed by atoms with van der Waals surface area (Å²) in [6, 6.07) is 7.95. The molecule has 2 fully saturated rings. The molecular formula is C23H22ClF3N2O2. The summed E-state index contributed by atoms with van der Waals surface area (Å²) >= 11 is 5.74. The van der Waals surface area contributed by atoms with E-state index >= 15 is 0 Å². The maximum atomic E-state index is 14.8. The second-order valence-corrected chi connectivity index (χ2v) is 8.68. The zero-order valence-electron chi connectivity index (χ0n) is 16.8. The van der Waals surface area contributed by atoms with Gasteiger partial charge in [0, 0.05) is 24.6 Å². The monoisotopic (exact) mass is 450 g/mol. The Kier molecular flexibility index (Phi) is 6.08. The van der Waals surface area contributed by atoms with Crippen LogP contribution in [0.5, 0.6) is 0 Å². The Morgan fingerprint density at radius 1 is 1.03 bits per heavy atom. The molecule has 2 aliphatic rings. The number of benzene rings is 2. The zero-order chi connectivity index (χ0) is 22.2. The molecule has 2 aromatic carbocycles. The van der Waals surface area contributed by atoms with Gasteiger partial charge in [-0.15, -0.1) is 0 Å². The Hall–Kier alpha value is -2.38. The number of imide groups is 1. The minimum absolute atomic E-state index is 0.0728. The molecule has 164 valence electrons. The molecule has 0 aromatic heterocycles.